The quantitative estimate of drug-likeness (QED) is 0.732. The Kier molecular flexibility index (Phi) is 5.68. The molecular formula is C15H23N3O2. The van der Waals surface area contributed by atoms with Gasteiger partial charge in [0, 0.05) is 25.3 Å². The summed E-state index contributed by atoms with van der Waals surface area (Å²) in [4.78, 5) is 11.1. The molecular weight excluding hydrogens is 254 g/mol. The molecule has 110 valence electrons. The molecule has 1 aromatic carbocycles. The molecule has 0 aromatic heterocycles. The van der Waals surface area contributed by atoms with E-state index in [-0.39, 0.29) is 12.5 Å². The van der Waals surface area contributed by atoms with Crippen LogP contribution in [0.1, 0.15) is 12.8 Å². The average molecular weight is 277 g/mol. The molecule has 1 amide bonds. The predicted molar refractivity (Wildman–Crippen MR) is 80.1 cm³/mol. The van der Waals surface area contributed by atoms with Crippen LogP contribution in [0.25, 0.3) is 0 Å². The highest BCUT2D eigenvalue weighted by Gasteiger charge is 2.12. The summed E-state index contributed by atoms with van der Waals surface area (Å²) in [5.41, 5.74) is 1.04. The van der Waals surface area contributed by atoms with Crippen LogP contribution in [-0.2, 0) is 4.79 Å². The van der Waals surface area contributed by atoms with Crippen molar-refractivity contribution in [3.63, 3.8) is 0 Å². The normalized spacial score (nSPS) is 15.7. The Morgan fingerprint density at radius 1 is 1.40 bits per heavy atom. The lowest BCUT2D eigenvalue weighted by molar-refractivity contribution is -0.122. The lowest BCUT2D eigenvalue weighted by Gasteiger charge is -2.23. The van der Waals surface area contributed by atoms with Gasteiger partial charge in [-0.2, -0.15) is 0 Å². The molecule has 0 bridgehead atoms. The topological polar surface area (TPSA) is 62.4 Å². The highest BCUT2D eigenvalue weighted by atomic mass is 16.5. The van der Waals surface area contributed by atoms with Crippen LogP contribution in [0.3, 0.4) is 0 Å². The standard InChI is InChI=1S/C15H23N3O2/c1-16-15(19)11-20-14-4-2-3-13(9-14)18-10-12-5-7-17-8-6-12/h2-4,9,12,17-18H,5-8,10-11H2,1H3,(H,16,19). The van der Waals surface area contributed by atoms with Crippen molar-refractivity contribution in [3.05, 3.63) is 24.3 Å². The molecule has 0 aliphatic carbocycles. The summed E-state index contributed by atoms with van der Waals surface area (Å²) >= 11 is 0. The minimum atomic E-state index is -0.127. The number of amides is 1. The van der Waals surface area contributed by atoms with Gasteiger partial charge >= 0.3 is 0 Å². The summed E-state index contributed by atoms with van der Waals surface area (Å²) in [5.74, 6) is 1.31. The van der Waals surface area contributed by atoms with E-state index < -0.39 is 0 Å². The number of benzene rings is 1. The van der Waals surface area contributed by atoms with E-state index in [1.54, 1.807) is 7.05 Å². The summed E-state index contributed by atoms with van der Waals surface area (Å²) in [6.45, 7) is 3.26. The van der Waals surface area contributed by atoms with Gasteiger partial charge in [-0.3, -0.25) is 4.79 Å². The van der Waals surface area contributed by atoms with Crippen LogP contribution in [0.5, 0.6) is 5.75 Å². The van der Waals surface area contributed by atoms with E-state index in [2.05, 4.69) is 16.0 Å². The maximum absolute atomic E-state index is 11.1. The first kappa shape index (κ1) is 14.7. The number of hydrogen-bond donors (Lipinski definition) is 3. The van der Waals surface area contributed by atoms with E-state index in [4.69, 9.17) is 4.74 Å². The minimum Gasteiger partial charge on any atom is -0.484 e. The number of piperidine rings is 1. The number of ether oxygens (including phenoxy) is 1. The van der Waals surface area contributed by atoms with Gasteiger partial charge in [0.1, 0.15) is 5.75 Å². The third-order valence-electron chi connectivity index (χ3n) is 3.54. The van der Waals surface area contributed by atoms with Crippen molar-refractivity contribution in [1.29, 1.82) is 0 Å². The Hall–Kier alpha value is -1.75. The molecule has 20 heavy (non-hydrogen) atoms. The number of likely N-dealkylation sites (N-methyl/N-ethyl adjacent to an activating group) is 1. The van der Waals surface area contributed by atoms with E-state index in [0.717, 1.165) is 31.2 Å². The first-order chi connectivity index (χ1) is 9.78. The molecule has 5 heteroatoms. The molecule has 3 N–H and O–H groups in total. The number of hydrogen-bond acceptors (Lipinski definition) is 4. The number of anilines is 1. The van der Waals surface area contributed by atoms with Gasteiger partial charge in [-0.1, -0.05) is 6.07 Å². The molecule has 0 radical (unpaired) electrons. The van der Waals surface area contributed by atoms with E-state index >= 15 is 0 Å². The highest BCUT2D eigenvalue weighted by Crippen LogP contribution is 2.19. The largest absolute Gasteiger partial charge is 0.484 e. The van der Waals surface area contributed by atoms with Crippen molar-refractivity contribution < 1.29 is 9.53 Å². The first-order valence-electron chi connectivity index (χ1n) is 7.16. The smallest absolute Gasteiger partial charge is 0.257 e. The van der Waals surface area contributed by atoms with E-state index in [0.29, 0.717) is 5.75 Å². The number of carbonyl (C=O) groups is 1. The molecule has 1 aliphatic heterocycles. The zero-order valence-electron chi connectivity index (χ0n) is 11.9. The van der Waals surface area contributed by atoms with Crippen molar-refractivity contribution in [2.45, 2.75) is 12.8 Å². The van der Waals surface area contributed by atoms with Crippen LogP contribution in [0.2, 0.25) is 0 Å². The van der Waals surface area contributed by atoms with Crippen molar-refractivity contribution in [2.75, 3.05) is 38.6 Å². The fourth-order valence-corrected chi connectivity index (χ4v) is 2.26. The van der Waals surface area contributed by atoms with Crippen molar-refractivity contribution in [2.24, 2.45) is 5.92 Å². The van der Waals surface area contributed by atoms with Gasteiger partial charge in [-0.05, 0) is 44.0 Å². The van der Waals surface area contributed by atoms with Gasteiger partial charge in [-0.15, -0.1) is 0 Å². The van der Waals surface area contributed by atoms with Gasteiger partial charge in [0.25, 0.3) is 5.91 Å². The Morgan fingerprint density at radius 2 is 2.20 bits per heavy atom. The fourth-order valence-electron chi connectivity index (χ4n) is 2.26. The van der Waals surface area contributed by atoms with E-state index in [1.165, 1.54) is 12.8 Å². The molecule has 0 spiro atoms. The zero-order valence-corrected chi connectivity index (χ0v) is 11.9. The molecule has 1 saturated heterocycles. The third-order valence-corrected chi connectivity index (χ3v) is 3.54. The lowest BCUT2D eigenvalue weighted by atomic mass is 9.98. The van der Waals surface area contributed by atoms with Gasteiger partial charge in [0.15, 0.2) is 6.61 Å². The Bertz CT molecular complexity index is 431. The van der Waals surface area contributed by atoms with Gasteiger partial charge in [0.05, 0.1) is 0 Å². The summed E-state index contributed by atoms with van der Waals surface area (Å²) < 4.78 is 5.43. The second-order valence-electron chi connectivity index (χ2n) is 5.06. The maximum Gasteiger partial charge on any atom is 0.257 e. The van der Waals surface area contributed by atoms with Crippen LogP contribution in [-0.4, -0.2) is 39.2 Å². The van der Waals surface area contributed by atoms with Crippen molar-refractivity contribution in [3.8, 4) is 5.75 Å². The Morgan fingerprint density at radius 3 is 2.95 bits per heavy atom. The molecule has 0 saturated carbocycles. The molecule has 1 aromatic rings. The fraction of sp³-hybridized carbons (Fsp3) is 0.533. The van der Waals surface area contributed by atoms with E-state index in [1.807, 2.05) is 24.3 Å². The predicted octanol–water partition coefficient (Wildman–Crippen LogP) is 1.22. The third kappa shape index (κ3) is 4.74. The zero-order chi connectivity index (χ0) is 14.2. The van der Waals surface area contributed by atoms with Crippen LogP contribution in [0.15, 0.2) is 24.3 Å². The summed E-state index contributed by atoms with van der Waals surface area (Å²) in [5, 5.41) is 9.35. The molecule has 2 rings (SSSR count). The minimum absolute atomic E-state index is 0.0498. The van der Waals surface area contributed by atoms with Crippen LogP contribution >= 0.6 is 0 Å². The van der Waals surface area contributed by atoms with Crippen LogP contribution in [0, 0.1) is 5.92 Å². The van der Waals surface area contributed by atoms with Gasteiger partial charge in [-0.25, -0.2) is 0 Å². The summed E-state index contributed by atoms with van der Waals surface area (Å²) in [6, 6.07) is 7.75. The van der Waals surface area contributed by atoms with Gasteiger partial charge < -0.3 is 20.7 Å². The number of carbonyl (C=O) groups excluding carboxylic acids is 1. The average Bonchev–Trinajstić information content (AvgIpc) is 2.52. The molecule has 5 nitrogen and oxygen atoms in total. The van der Waals surface area contributed by atoms with Crippen molar-refractivity contribution >= 4 is 11.6 Å². The Labute approximate surface area is 120 Å². The second kappa shape index (κ2) is 7.75. The molecule has 1 fully saturated rings. The number of rotatable bonds is 6. The summed E-state index contributed by atoms with van der Waals surface area (Å²) in [7, 11) is 1.60. The number of nitrogens with one attached hydrogen (secondary N) is 3. The van der Waals surface area contributed by atoms with Gasteiger partial charge in [0.2, 0.25) is 0 Å². The lowest BCUT2D eigenvalue weighted by Crippen LogP contribution is -2.31. The monoisotopic (exact) mass is 277 g/mol. The van der Waals surface area contributed by atoms with Crippen molar-refractivity contribution in [1.82, 2.24) is 10.6 Å². The maximum atomic E-state index is 11.1. The highest BCUT2D eigenvalue weighted by molar-refractivity contribution is 5.77. The molecule has 0 unspecified atom stereocenters. The van der Waals surface area contributed by atoms with E-state index in [9.17, 15) is 4.79 Å². The molecule has 0 atom stereocenters. The molecule has 1 aliphatic rings. The SMILES string of the molecule is CNC(=O)COc1cccc(NCC2CCNCC2)c1. The molecule has 1 heterocycles. The van der Waals surface area contributed by atoms with Crippen LogP contribution in [0.4, 0.5) is 5.69 Å². The Balaban J connectivity index is 1.80. The summed E-state index contributed by atoms with van der Waals surface area (Å²) in [6.07, 6.45) is 2.44. The van der Waals surface area contributed by atoms with Crippen LogP contribution < -0.4 is 20.7 Å². The second-order valence-corrected chi connectivity index (χ2v) is 5.06. The first-order valence-corrected chi connectivity index (χ1v) is 7.16.